The van der Waals surface area contributed by atoms with E-state index in [1.54, 1.807) is 12.1 Å². The third-order valence-electron chi connectivity index (χ3n) is 2.54. The number of carbonyl (C=O) groups excluding carboxylic acids is 1. The lowest BCUT2D eigenvalue weighted by Crippen LogP contribution is -2.33. The molecule has 1 amide bonds. The summed E-state index contributed by atoms with van der Waals surface area (Å²) in [7, 11) is 0. The minimum Gasteiger partial charge on any atom is -0.492 e. The maximum Gasteiger partial charge on any atom is 0.221 e. The Morgan fingerprint density at radius 2 is 2.26 bits per heavy atom. The number of nitriles is 1. The molecule has 0 spiro atoms. The molecule has 1 N–H and O–H groups in total. The zero-order chi connectivity index (χ0) is 14.1. The van der Waals surface area contributed by atoms with Crippen molar-refractivity contribution in [2.45, 2.75) is 32.2 Å². The topological polar surface area (TPSA) is 62.1 Å². The van der Waals surface area contributed by atoms with Crippen molar-refractivity contribution in [1.29, 1.82) is 5.26 Å². The molecule has 0 aliphatic carbocycles. The predicted octanol–water partition coefficient (Wildman–Crippen LogP) is 2.92. The van der Waals surface area contributed by atoms with Crippen LogP contribution in [0.4, 0.5) is 0 Å². The smallest absolute Gasteiger partial charge is 0.221 e. The standard InChI is InChI=1S/C14H17ClN2O2/c1-2-11(10-16)17-14(18)8-5-9-19-13-7-4-3-6-12(13)15/h3-4,6-7,11H,2,5,8-9H2,1H3,(H,17,18). The number of benzene rings is 1. The van der Waals surface area contributed by atoms with Gasteiger partial charge in [0.05, 0.1) is 17.7 Å². The minimum atomic E-state index is -0.406. The number of nitrogens with one attached hydrogen (secondary N) is 1. The van der Waals surface area contributed by atoms with Gasteiger partial charge in [-0.25, -0.2) is 0 Å². The van der Waals surface area contributed by atoms with Crippen LogP contribution in [0.15, 0.2) is 24.3 Å². The molecule has 1 aromatic rings. The van der Waals surface area contributed by atoms with Gasteiger partial charge in [-0.05, 0) is 25.0 Å². The van der Waals surface area contributed by atoms with Crippen molar-refractivity contribution in [2.75, 3.05) is 6.61 Å². The number of nitrogens with zero attached hydrogens (tertiary/aromatic N) is 1. The molecule has 0 heterocycles. The molecule has 0 radical (unpaired) electrons. The highest BCUT2D eigenvalue weighted by molar-refractivity contribution is 6.32. The molecule has 0 saturated heterocycles. The van der Waals surface area contributed by atoms with Crippen LogP contribution < -0.4 is 10.1 Å². The third kappa shape index (κ3) is 5.62. The van der Waals surface area contributed by atoms with Crippen molar-refractivity contribution in [3.63, 3.8) is 0 Å². The van der Waals surface area contributed by atoms with Crippen LogP contribution in [-0.4, -0.2) is 18.6 Å². The fourth-order valence-corrected chi connectivity index (χ4v) is 1.66. The summed E-state index contributed by atoms with van der Waals surface area (Å²) < 4.78 is 5.47. The molecule has 1 rings (SSSR count). The van der Waals surface area contributed by atoms with Crippen molar-refractivity contribution in [3.05, 3.63) is 29.3 Å². The average molecular weight is 281 g/mol. The lowest BCUT2D eigenvalue weighted by atomic mass is 10.2. The van der Waals surface area contributed by atoms with Gasteiger partial charge in [-0.1, -0.05) is 30.7 Å². The van der Waals surface area contributed by atoms with Crippen LogP contribution in [0.1, 0.15) is 26.2 Å². The van der Waals surface area contributed by atoms with Crippen molar-refractivity contribution >= 4 is 17.5 Å². The zero-order valence-electron chi connectivity index (χ0n) is 10.9. The molecule has 19 heavy (non-hydrogen) atoms. The van der Waals surface area contributed by atoms with Crippen molar-refractivity contribution in [3.8, 4) is 11.8 Å². The van der Waals surface area contributed by atoms with E-state index in [0.29, 0.717) is 36.6 Å². The summed E-state index contributed by atoms with van der Waals surface area (Å²) in [6, 6.07) is 8.82. The number of hydrogen-bond donors (Lipinski definition) is 1. The number of carbonyl (C=O) groups is 1. The molecule has 1 aromatic carbocycles. The van der Waals surface area contributed by atoms with Gasteiger partial charge in [-0.3, -0.25) is 4.79 Å². The van der Waals surface area contributed by atoms with Gasteiger partial charge < -0.3 is 10.1 Å². The average Bonchev–Trinajstić information content (AvgIpc) is 2.42. The summed E-state index contributed by atoms with van der Waals surface area (Å²) in [6.07, 6.45) is 1.53. The first-order valence-corrected chi connectivity index (χ1v) is 6.61. The second kappa shape index (κ2) is 8.39. The molecule has 0 aliphatic rings. The first-order chi connectivity index (χ1) is 9.17. The van der Waals surface area contributed by atoms with E-state index in [0.717, 1.165) is 0 Å². The van der Waals surface area contributed by atoms with E-state index < -0.39 is 6.04 Å². The molecule has 0 saturated carbocycles. The third-order valence-corrected chi connectivity index (χ3v) is 2.85. The van der Waals surface area contributed by atoms with Crippen LogP contribution in [0.5, 0.6) is 5.75 Å². The summed E-state index contributed by atoms with van der Waals surface area (Å²) in [4.78, 5) is 11.5. The Bertz CT molecular complexity index is 457. The van der Waals surface area contributed by atoms with Crippen LogP contribution in [0.25, 0.3) is 0 Å². The SMILES string of the molecule is CCC(C#N)NC(=O)CCCOc1ccccc1Cl. The molecule has 0 aromatic heterocycles. The number of rotatable bonds is 7. The van der Waals surface area contributed by atoms with Gasteiger partial charge in [0.1, 0.15) is 11.8 Å². The number of hydrogen-bond acceptors (Lipinski definition) is 3. The molecule has 0 aliphatic heterocycles. The number of amides is 1. The van der Waals surface area contributed by atoms with Crippen LogP contribution in [0, 0.1) is 11.3 Å². The van der Waals surface area contributed by atoms with Crippen LogP contribution in [-0.2, 0) is 4.79 Å². The number of para-hydroxylation sites is 1. The Kier molecular flexibility index (Phi) is 6.76. The molecule has 1 unspecified atom stereocenters. The Morgan fingerprint density at radius 3 is 2.89 bits per heavy atom. The van der Waals surface area contributed by atoms with Crippen LogP contribution in [0.2, 0.25) is 5.02 Å². The maximum atomic E-state index is 11.5. The first-order valence-electron chi connectivity index (χ1n) is 6.23. The fourth-order valence-electron chi connectivity index (χ4n) is 1.47. The Balaban J connectivity index is 2.23. The maximum absolute atomic E-state index is 11.5. The highest BCUT2D eigenvalue weighted by atomic mass is 35.5. The van der Waals surface area contributed by atoms with Gasteiger partial charge in [0.2, 0.25) is 5.91 Å². The number of ether oxygens (including phenoxy) is 1. The summed E-state index contributed by atoms with van der Waals surface area (Å²) >= 11 is 5.93. The Morgan fingerprint density at radius 1 is 1.53 bits per heavy atom. The zero-order valence-corrected chi connectivity index (χ0v) is 11.6. The van der Waals surface area contributed by atoms with Crippen molar-refractivity contribution in [2.24, 2.45) is 0 Å². The Hall–Kier alpha value is -1.73. The molecule has 0 fully saturated rings. The first kappa shape index (κ1) is 15.3. The van der Waals surface area contributed by atoms with E-state index in [9.17, 15) is 4.79 Å². The summed E-state index contributed by atoms with van der Waals surface area (Å²) in [6.45, 7) is 2.27. The van der Waals surface area contributed by atoms with E-state index in [-0.39, 0.29) is 5.91 Å². The summed E-state index contributed by atoms with van der Waals surface area (Å²) in [5.41, 5.74) is 0. The largest absolute Gasteiger partial charge is 0.492 e. The van der Waals surface area contributed by atoms with Gasteiger partial charge in [-0.2, -0.15) is 5.26 Å². The fraction of sp³-hybridized carbons (Fsp3) is 0.429. The van der Waals surface area contributed by atoms with Gasteiger partial charge in [0.15, 0.2) is 0 Å². The van der Waals surface area contributed by atoms with E-state index >= 15 is 0 Å². The molecule has 0 bridgehead atoms. The second-order valence-electron chi connectivity index (χ2n) is 4.04. The lowest BCUT2D eigenvalue weighted by molar-refractivity contribution is -0.121. The van der Waals surface area contributed by atoms with E-state index in [1.165, 1.54) is 0 Å². The normalized spacial score (nSPS) is 11.4. The molecule has 5 heteroatoms. The van der Waals surface area contributed by atoms with Gasteiger partial charge in [-0.15, -0.1) is 0 Å². The Labute approximate surface area is 118 Å². The van der Waals surface area contributed by atoms with Crippen molar-refractivity contribution < 1.29 is 9.53 Å². The highest BCUT2D eigenvalue weighted by Crippen LogP contribution is 2.23. The molecule has 1 atom stereocenters. The summed E-state index contributed by atoms with van der Waals surface area (Å²) in [5.74, 6) is 0.490. The molecular formula is C14H17ClN2O2. The predicted molar refractivity (Wildman–Crippen MR) is 74.0 cm³/mol. The molecule has 4 nitrogen and oxygen atoms in total. The monoisotopic (exact) mass is 280 g/mol. The summed E-state index contributed by atoms with van der Waals surface area (Å²) in [5, 5.41) is 11.9. The molecule has 102 valence electrons. The van der Waals surface area contributed by atoms with E-state index in [1.807, 2.05) is 25.1 Å². The highest BCUT2D eigenvalue weighted by Gasteiger charge is 2.08. The second-order valence-corrected chi connectivity index (χ2v) is 4.45. The van der Waals surface area contributed by atoms with Crippen LogP contribution in [0.3, 0.4) is 0 Å². The van der Waals surface area contributed by atoms with Gasteiger partial charge in [0, 0.05) is 6.42 Å². The number of halogens is 1. The van der Waals surface area contributed by atoms with E-state index in [2.05, 4.69) is 5.32 Å². The lowest BCUT2D eigenvalue weighted by Gasteiger charge is -2.10. The molecular weight excluding hydrogens is 264 g/mol. The van der Waals surface area contributed by atoms with E-state index in [4.69, 9.17) is 21.6 Å². The quantitative estimate of drug-likeness (QED) is 0.781. The minimum absolute atomic E-state index is 0.129. The van der Waals surface area contributed by atoms with Gasteiger partial charge >= 0.3 is 0 Å². The van der Waals surface area contributed by atoms with Crippen molar-refractivity contribution in [1.82, 2.24) is 5.32 Å². The van der Waals surface area contributed by atoms with Crippen LogP contribution >= 0.6 is 11.6 Å². The van der Waals surface area contributed by atoms with Gasteiger partial charge in [0.25, 0.3) is 0 Å².